The zero-order chi connectivity index (χ0) is 22.2. The molecule has 0 spiro atoms. The molecule has 1 amide bonds. The minimum atomic E-state index is -3.52. The molecule has 0 unspecified atom stereocenters. The summed E-state index contributed by atoms with van der Waals surface area (Å²) in [5.74, 6) is -0.490. The van der Waals surface area contributed by atoms with Crippen molar-refractivity contribution >= 4 is 27.3 Å². The number of imidazole rings is 1. The molecular formula is C20H20N6O4S. The summed E-state index contributed by atoms with van der Waals surface area (Å²) < 4.78 is 31.9. The van der Waals surface area contributed by atoms with Crippen LogP contribution >= 0.6 is 0 Å². The first kappa shape index (κ1) is 20.7. The van der Waals surface area contributed by atoms with Crippen molar-refractivity contribution in [2.45, 2.75) is 12.7 Å². The second-order valence-electron chi connectivity index (χ2n) is 7.11. The van der Waals surface area contributed by atoms with E-state index in [1.807, 2.05) is 31.2 Å². The van der Waals surface area contributed by atoms with Crippen molar-refractivity contribution in [1.82, 2.24) is 23.8 Å². The molecule has 0 radical (unpaired) electrons. The van der Waals surface area contributed by atoms with Crippen molar-refractivity contribution in [1.29, 1.82) is 0 Å². The molecule has 0 bridgehead atoms. The molecule has 1 aromatic carbocycles. The van der Waals surface area contributed by atoms with Gasteiger partial charge in [0.15, 0.2) is 0 Å². The number of fused-ring (bicyclic) bond motifs is 1. The van der Waals surface area contributed by atoms with Crippen LogP contribution in [-0.2, 0) is 15.8 Å². The highest BCUT2D eigenvalue weighted by molar-refractivity contribution is 7.88. The van der Waals surface area contributed by atoms with Gasteiger partial charge in [0.2, 0.25) is 21.7 Å². The van der Waals surface area contributed by atoms with Gasteiger partial charge in [-0.05, 0) is 30.7 Å². The van der Waals surface area contributed by atoms with Crippen LogP contribution in [-0.4, -0.2) is 52.3 Å². The summed E-state index contributed by atoms with van der Waals surface area (Å²) >= 11 is 0. The Hall–Kier alpha value is -3.57. The maximum Gasteiger partial charge on any atom is 0.274 e. The van der Waals surface area contributed by atoms with Crippen molar-refractivity contribution < 1.29 is 17.7 Å². The zero-order valence-corrected chi connectivity index (χ0v) is 17.9. The summed E-state index contributed by atoms with van der Waals surface area (Å²) in [6.45, 7) is 1.86. The maximum atomic E-state index is 12.8. The van der Waals surface area contributed by atoms with Gasteiger partial charge in [-0.25, -0.2) is 17.7 Å². The lowest BCUT2D eigenvalue weighted by molar-refractivity contribution is 0.102. The highest BCUT2D eigenvalue weighted by Gasteiger charge is 2.20. The van der Waals surface area contributed by atoms with Crippen LogP contribution in [0, 0.1) is 6.92 Å². The van der Waals surface area contributed by atoms with E-state index < -0.39 is 15.8 Å². The predicted molar refractivity (Wildman–Crippen MR) is 114 cm³/mol. The van der Waals surface area contributed by atoms with Crippen LogP contribution in [0.5, 0.6) is 0 Å². The standard InChI is InChI=1S/C20H20N6O4S/c1-13-7-8-14(19-23-18(30-24-19)12-31(28,29)25(2)3)10-15(13)22-20(27)16-11-21-17-6-4-5-9-26(16)17/h4-11H,12H2,1-3H3,(H,22,27). The van der Waals surface area contributed by atoms with E-state index in [0.717, 1.165) is 9.87 Å². The number of aryl methyl sites for hydroxylation is 1. The molecule has 160 valence electrons. The molecule has 0 saturated carbocycles. The number of nitrogens with zero attached hydrogens (tertiary/aromatic N) is 5. The first-order chi connectivity index (χ1) is 14.7. The largest absolute Gasteiger partial charge is 0.338 e. The number of sulfonamides is 1. The summed E-state index contributed by atoms with van der Waals surface area (Å²) in [4.78, 5) is 21.2. The summed E-state index contributed by atoms with van der Waals surface area (Å²) in [6, 6.07) is 10.8. The van der Waals surface area contributed by atoms with Gasteiger partial charge in [0.05, 0.1) is 6.20 Å². The number of benzene rings is 1. The number of carbonyl (C=O) groups excluding carboxylic acids is 1. The third-order valence-electron chi connectivity index (χ3n) is 4.72. The summed E-state index contributed by atoms with van der Waals surface area (Å²) in [7, 11) is -0.651. The molecule has 0 aliphatic rings. The lowest BCUT2D eigenvalue weighted by Crippen LogP contribution is -2.23. The fourth-order valence-electron chi connectivity index (χ4n) is 2.90. The van der Waals surface area contributed by atoms with Gasteiger partial charge in [-0.2, -0.15) is 4.98 Å². The van der Waals surface area contributed by atoms with Crippen LogP contribution in [0.1, 0.15) is 21.9 Å². The molecule has 0 aliphatic heterocycles. The zero-order valence-electron chi connectivity index (χ0n) is 17.1. The molecule has 0 atom stereocenters. The summed E-state index contributed by atoms with van der Waals surface area (Å²) in [5.41, 5.74) is 3.06. The quantitative estimate of drug-likeness (QED) is 0.488. The highest BCUT2D eigenvalue weighted by atomic mass is 32.2. The molecule has 0 saturated heterocycles. The number of hydrogen-bond donors (Lipinski definition) is 1. The number of hydrogen-bond acceptors (Lipinski definition) is 7. The van der Waals surface area contributed by atoms with Crippen LogP contribution < -0.4 is 5.32 Å². The van der Waals surface area contributed by atoms with Gasteiger partial charge in [-0.15, -0.1) is 0 Å². The van der Waals surface area contributed by atoms with E-state index in [1.54, 1.807) is 22.7 Å². The molecule has 0 fully saturated rings. The highest BCUT2D eigenvalue weighted by Crippen LogP contribution is 2.24. The van der Waals surface area contributed by atoms with E-state index in [4.69, 9.17) is 4.52 Å². The minimum absolute atomic E-state index is 0.0133. The number of nitrogens with one attached hydrogen (secondary N) is 1. The van der Waals surface area contributed by atoms with Crippen LogP contribution in [0.3, 0.4) is 0 Å². The predicted octanol–water partition coefficient (Wildman–Crippen LogP) is 2.34. The van der Waals surface area contributed by atoms with Crippen LogP contribution in [0.25, 0.3) is 17.0 Å². The van der Waals surface area contributed by atoms with E-state index in [-0.39, 0.29) is 17.6 Å². The smallest absolute Gasteiger partial charge is 0.274 e. The molecule has 0 aliphatic carbocycles. The first-order valence-electron chi connectivity index (χ1n) is 9.32. The van der Waals surface area contributed by atoms with Crippen molar-refractivity contribution in [3.05, 3.63) is 65.9 Å². The summed E-state index contributed by atoms with van der Waals surface area (Å²) in [6.07, 6.45) is 3.28. The average molecular weight is 440 g/mol. The van der Waals surface area contributed by atoms with Gasteiger partial charge in [0, 0.05) is 31.5 Å². The van der Waals surface area contributed by atoms with Gasteiger partial charge in [0.25, 0.3) is 5.91 Å². The van der Waals surface area contributed by atoms with Crippen molar-refractivity contribution in [3.8, 4) is 11.4 Å². The molecule has 11 heteroatoms. The maximum absolute atomic E-state index is 12.8. The Morgan fingerprint density at radius 2 is 2.03 bits per heavy atom. The fourth-order valence-corrected chi connectivity index (χ4v) is 3.59. The fraction of sp³-hybridized carbons (Fsp3) is 0.200. The lowest BCUT2D eigenvalue weighted by atomic mass is 10.1. The number of amides is 1. The molecule has 10 nitrogen and oxygen atoms in total. The Morgan fingerprint density at radius 3 is 2.81 bits per heavy atom. The number of aromatic nitrogens is 4. The third kappa shape index (κ3) is 4.18. The number of anilines is 1. The SMILES string of the molecule is Cc1ccc(-c2noc(CS(=O)(=O)N(C)C)n2)cc1NC(=O)c1cnc2ccccn12. The van der Waals surface area contributed by atoms with Gasteiger partial charge in [-0.3, -0.25) is 9.20 Å². The lowest BCUT2D eigenvalue weighted by Gasteiger charge is -2.09. The number of carbonyl (C=O) groups is 1. The first-order valence-corrected chi connectivity index (χ1v) is 10.9. The van der Waals surface area contributed by atoms with E-state index in [1.165, 1.54) is 20.3 Å². The Balaban J connectivity index is 1.59. The molecular weight excluding hydrogens is 420 g/mol. The molecule has 4 aromatic rings. The van der Waals surface area contributed by atoms with E-state index >= 15 is 0 Å². The Bertz CT molecular complexity index is 1370. The molecule has 1 N–H and O–H groups in total. The normalized spacial score (nSPS) is 11.9. The number of pyridine rings is 1. The van der Waals surface area contributed by atoms with Crippen LogP contribution in [0.2, 0.25) is 0 Å². The second-order valence-corrected chi connectivity index (χ2v) is 9.29. The third-order valence-corrected chi connectivity index (χ3v) is 6.45. The van der Waals surface area contributed by atoms with Crippen molar-refractivity contribution in [3.63, 3.8) is 0 Å². The van der Waals surface area contributed by atoms with Crippen LogP contribution in [0.4, 0.5) is 5.69 Å². The Kier molecular flexibility index (Phi) is 5.29. The summed E-state index contributed by atoms with van der Waals surface area (Å²) in [5, 5.41) is 6.76. The van der Waals surface area contributed by atoms with E-state index in [9.17, 15) is 13.2 Å². The van der Waals surface area contributed by atoms with E-state index in [2.05, 4.69) is 20.4 Å². The Morgan fingerprint density at radius 1 is 1.23 bits per heavy atom. The van der Waals surface area contributed by atoms with Crippen molar-refractivity contribution in [2.75, 3.05) is 19.4 Å². The van der Waals surface area contributed by atoms with Crippen molar-refractivity contribution in [2.24, 2.45) is 0 Å². The molecule has 31 heavy (non-hydrogen) atoms. The average Bonchev–Trinajstić information content (AvgIpc) is 3.36. The molecule has 4 rings (SSSR count). The van der Waals surface area contributed by atoms with Gasteiger partial charge in [0.1, 0.15) is 17.1 Å². The topological polar surface area (TPSA) is 123 Å². The molecule has 3 heterocycles. The molecule has 3 aromatic heterocycles. The van der Waals surface area contributed by atoms with E-state index in [0.29, 0.717) is 22.6 Å². The van der Waals surface area contributed by atoms with Crippen LogP contribution in [0.15, 0.2) is 53.3 Å². The second kappa shape index (κ2) is 7.93. The van der Waals surface area contributed by atoms with Gasteiger partial charge < -0.3 is 9.84 Å². The number of rotatable bonds is 6. The Labute approximate surface area is 178 Å². The van der Waals surface area contributed by atoms with Gasteiger partial charge in [-0.1, -0.05) is 23.4 Å². The van der Waals surface area contributed by atoms with Gasteiger partial charge >= 0.3 is 0 Å². The minimum Gasteiger partial charge on any atom is -0.338 e. The monoisotopic (exact) mass is 440 g/mol.